The molecule has 1 fully saturated rings. The van der Waals surface area contributed by atoms with Crippen LogP contribution < -0.4 is 0 Å². The third-order valence-corrected chi connectivity index (χ3v) is 5.75. The van der Waals surface area contributed by atoms with Crippen LogP contribution in [0.15, 0.2) is 24.7 Å². The van der Waals surface area contributed by atoms with Crippen LogP contribution >= 0.6 is 0 Å². The van der Waals surface area contributed by atoms with Crippen molar-refractivity contribution in [2.24, 2.45) is 5.41 Å². The predicted molar refractivity (Wildman–Crippen MR) is 91.9 cm³/mol. The summed E-state index contributed by atoms with van der Waals surface area (Å²) in [5.41, 5.74) is 1.46. The number of amides is 1. The van der Waals surface area contributed by atoms with Crippen LogP contribution in [-0.4, -0.2) is 51.2 Å². The monoisotopic (exact) mass is 330 g/mol. The highest BCUT2D eigenvalue weighted by Crippen LogP contribution is 2.51. The first-order valence-corrected chi connectivity index (χ1v) is 8.75. The molecule has 1 aliphatic carbocycles. The minimum atomic E-state index is 0.0387. The Hall–Kier alpha value is -1.95. The lowest BCUT2D eigenvalue weighted by atomic mass is 9.58. The number of fused-ring (bicyclic) bond motifs is 1. The molecule has 2 heterocycles. The van der Waals surface area contributed by atoms with Gasteiger partial charge in [-0.3, -0.25) is 9.20 Å². The minimum Gasteiger partial charge on any atom is -0.378 e. The molecule has 24 heavy (non-hydrogen) atoms. The number of pyridine rings is 1. The second kappa shape index (κ2) is 6.51. The fourth-order valence-electron chi connectivity index (χ4n) is 4.18. The van der Waals surface area contributed by atoms with Gasteiger partial charge in [0, 0.05) is 31.3 Å². The van der Waals surface area contributed by atoms with E-state index in [0.29, 0.717) is 5.56 Å². The Morgan fingerprint density at radius 3 is 2.79 bits per heavy atom. The van der Waals surface area contributed by atoms with Crippen molar-refractivity contribution in [1.29, 1.82) is 0 Å². The minimum absolute atomic E-state index is 0.0387. The van der Waals surface area contributed by atoms with Crippen molar-refractivity contribution in [1.82, 2.24) is 19.5 Å². The van der Waals surface area contributed by atoms with E-state index in [1.807, 2.05) is 31.0 Å². The summed E-state index contributed by atoms with van der Waals surface area (Å²) in [6.45, 7) is 7.15. The van der Waals surface area contributed by atoms with Crippen LogP contribution in [0.5, 0.6) is 0 Å². The zero-order valence-electron chi connectivity index (χ0n) is 14.9. The van der Waals surface area contributed by atoms with Crippen LogP contribution in [0.4, 0.5) is 0 Å². The Kier molecular flexibility index (Phi) is 4.58. The highest BCUT2D eigenvalue weighted by Gasteiger charge is 2.55. The van der Waals surface area contributed by atoms with E-state index in [4.69, 9.17) is 4.74 Å². The molecule has 1 aliphatic rings. The molecule has 2 atom stereocenters. The normalized spacial score (nSPS) is 22.3. The Bertz CT molecular complexity index is 723. The van der Waals surface area contributed by atoms with Gasteiger partial charge in [0.15, 0.2) is 5.65 Å². The third-order valence-electron chi connectivity index (χ3n) is 5.75. The molecule has 3 rings (SSSR count). The van der Waals surface area contributed by atoms with Gasteiger partial charge in [-0.2, -0.15) is 0 Å². The Balaban J connectivity index is 1.82. The van der Waals surface area contributed by atoms with E-state index < -0.39 is 0 Å². The number of carbonyl (C=O) groups is 1. The molecule has 2 unspecified atom stereocenters. The van der Waals surface area contributed by atoms with E-state index >= 15 is 0 Å². The standard InChI is InChI=1S/C18H26N4O2/c1-5-18(6-2)14(10-15(18)24-7-3)21(4)17(23)13-8-9-16-20-19-12-22(16)11-13/h8-9,11-12,14-15H,5-7,10H2,1-4H3. The number of carbonyl (C=O) groups excluding carboxylic acids is 1. The van der Waals surface area contributed by atoms with Crippen LogP contribution in [0.3, 0.4) is 0 Å². The van der Waals surface area contributed by atoms with Crippen molar-refractivity contribution >= 4 is 11.6 Å². The van der Waals surface area contributed by atoms with Crippen LogP contribution in [-0.2, 0) is 4.74 Å². The average molecular weight is 330 g/mol. The topological polar surface area (TPSA) is 59.7 Å². The molecular formula is C18H26N4O2. The molecule has 0 aliphatic heterocycles. The molecule has 0 bridgehead atoms. The van der Waals surface area contributed by atoms with Gasteiger partial charge in [0.1, 0.15) is 6.33 Å². The average Bonchev–Trinajstić information content (AvgIpc) is 3.06. The quantitative estimate of drug-likeness (QED) is 0.817. The first-order valence-electron chi connectivity index (χ1n) is 8.75. The van der Waals surface area contributed by atoms with Crippen molar-refractivity contribution in [3.63, 3.8) is 0 Å². The van der Waals surface area contributed by atoms with Crippen molar-refractivity contribution in [3.8, 4) is 0 Å². The molecule has 0 spiro atoms. The lowest BCUT2D eigenvalue weighted by Gasteiger charge is -2.58. The van der Waals surface area contributed by atoms with Crippen molar-refractivity contribution in [2.75, 3.05) is 13.7 Å². The summed E-state index contributed by atoms with van der Waals surface area (Å²) >= 11 is 0. The first-order chi connectivity index (χ1) is 11.6. The number of rotatable bonds is 6. The second-order valence-electron chi connectivity index (χ2n) is 6.57. The molecule has 2 aromatic rings. The second-order valence-corrected chi connectivity index (χ2v) is 6.57. The number of hydrogen-bond donors (Lipinski definition) is 0. The van der Waals surface area contributed by atoms with Gasteiger partial charge < -0.3 is 9.64 Å². The Morgan fingerprint density at radius 2 is 2.12 bits per heavy atom. The van der Waals surface area contributed by atoms with Gasteiger partial charge in [-0.1, -0.05) is 13.8 Å². The fraction of sp³-hybridized carbons (Fsp3) is 0.611. The van der Waals surface area contributed by atoms with Crippen LogP contribution in [0.1, 0.15) is 50.4 Å². The van der Waals surface area contributed by atoms with E-state index in [1.54, 1.807) is 16.9 Å². The van der Waals surface area contributed by atoms with Gasteiger partial charge in [-0.25, -0.2) is 0 Å². The van der Waals surface area contributed by atoms with Crippen LogP contribution in [0.2, 0.25) is 0 Å². The molecule has 1 amide bonds. The summed E-state index contributed by atoms with van der Waals surface area (Å²) in [5, 5.41) is 7.84. The molecule has 6 nitrogen and oxygen atoms in total. The Labute approximate surface area is 142 Å². The van der Waals surface area contributed by atoms with Gasteiger partial charge in [-0.15, -0.1) is 10.2 Å². The summed E-state index contributed by atoms with van der Waals surface area (Å²) in [5.74, 6) is 0.0387. The van der Waals surface area contributed by atoms with E-state index in [1.165, 1.54) is 0 Å². The summed E-state index contributed by atoms with van der Waals surface area (Å²) in [4.78, 5) is 14.9. The molecule has 6 heteroatoms. The largest absolute Gasteiger partial charge is 0.378 e. The maximum Gasteiger partial charge on any atom is 0.255 e. The van der Waals surface area contributed by atoms with Crippen molar-refractivity contribution in [3.05, 3.63) is 30.2 Å². The van der Waals surface area contributed by atoms with E-state index in [2.05, 4.69) is 24.0 Å². The summed E-state index contributed by atoms with van der Waals surface area (Å²) in [6, 6.07) is 3.86. The molecule has 0 N–H and O–H groups in total. The van der Waals surface area contributed by atoms with Crippen molar-refractivity contribution < 1.29 is 9.53 Å². The van der Waals surface area contributed by atoms with Gasteiger partial charge in [-0.05, 0) is 38.3 Å². The Morgan fingerprint density at radius 1 is 1.38 bits per heavy atom. The lowest BCUT2D eigenvalue weighted by Crippen LogP contribution is -2.64. The van der Waals surface area contributed by atoms with Crippen molar-refractivity contribution in [2.45, 2.75) is 52.2 Å². The highest BCUT2D eigenvalue weighted by atomic mass is 16.5. The molecule has 1 saturated carbocycles. The van der Waals surface area contributed by atoms with E-state index in [9.17, 15) is 4.79 Å². The summed E-state index contributed by atoms with van der Waals surface area (Å²) in [6.07, 6.45) is 6.60. The maximum atomic E-state index is 13.0. The van der Waals surface area contributed by atoms with E-state index in [-0.39, 0.29) is 23.5 Å². The zero-order chi connectivity index (χ0) is 17.3. The first kappa shape index (κ1) is 16.9. The van der Waals surface area contributed by atoms with Gasteiger partial charge in [0.2, 0.25) is 0 Å². The number of nitrogens with zero attached hydrogens (tertiary/aromatic N) is 4. The number of hydrogen-bond acceptors (Lipinski definition) is 4. The predicted octanol–water partition coefficient (Wildman–Crippen LogP) is 2.79. The highest BCUT2D eigenvalue weighted by molar-refractivity contribution is 5.94. The zero-order valence-corrected chi connectivity index (χ0v) is 14.9. The van der Waals surface area contributed by atoms with Gasteiger partial charge >= 0.3 is 0 Å². The number of ether oxygens (including phenoxy) is 1. The van der Waals surface area contributed by atoms with Gasteiger partial charge in [0.05, 0.1) is 11.7 Å². The molecule has 2 aromatic heterocycles. The smallest absolute Gasteiger partial charge is 0.255 e. The van der Waals surface area contributed by atoms with Gasteiger partial charge in [0.25, 0.3) is 5.91 Å². The third kappa shape index (κ3) is 2.49. The molecule has 0 saturated heterocycles. The summed E-state index contributed by atoms with van der Waals surface area (Å²) in [7, 11) is 1.91. The lowest BCUT2D eigenvalue weighted by molar-refractivity contribution is -0.159. The number of aromatic nitrogens is 3. The molecule has 0 radical (unpaired) electrons. The van der Waals surface area contributed by atoms with Crippen LogP contribution in [0, 0.1) is 5.41 Å². The SMILES string of the molecule is CCOC1CC(N(C)C(=O)c2ccc3nncn3c2)C1(CC)CC. The molecule has 0 aromatic carbocycles. The molecular weight excluding hydrogens is 304 g/mol. The summed E-state index contributed by atoms with van der Waals surface area (Å²) < 4.78 is 7.71. The maximum absolute atomic E-state index is 13.0. The fourth-order valence-corrected chi connectivity index (χ4v) is 4.18. The van der Waals surface area contributed by atoms with E-state index in [0.717, 1.165) is 31.5 Å². The van der Waals surface area contributed by atoms with Crippen LogP contribution in [0.25, 0.3) is 5.65 Å². The molecule has 130 valence electrons.